The minimum absolute atomic E-state index is 0.0447. The Morgan fingerprint density at radius 1 is 1.42 bits per heavy atom. The summed E-state index contributed by atoms with van der Waals surface area (Å²) >= 11 is 6.38. The van der Waals surface area contributed by atoms with Crippen LogP contribution in [0.25, 0.3) is 11.0 Å². The highest BCUT2D eigenvalue weighted by molar-refractivity contribution is 6.20. The largest absolute Gasteiger partial charge is 0.321 e. The van der Waals surface area contributed by atoms with Crippen LogP contribution in [0.15, 0.2) is 18.2 Å². The highest BCUT2D eigenvalue weighted by Gasteiger charge is 2.40. The molecule has 0 radical (unpaired) electrons. The van der Waals surface area contributed by atoms with Gasteiger partial charge in [0.1, 0.15) is 5.82 Å². The number of hydrogen-bond acceptors (Lipinski definition) is 1. The number of hydrogen-bond donors (Lipinski definition) is 0. The van der Waals surface area contributed by atoms with E-state index in [1.807, 2.05) is 6.92 Å². The van der Waals surface area contributed by atoms with Crippen molar-refractivity contribution in [1.82, 2.24) is 9.55 Å². The fourth-order valence-corrected chi connectivity index (χ4v) is 3.44. The van der Waals surface area contributed by atoms with Gasteiger partial charge < -0.3 is 4.57 Å². The quantitative estimate of drug-likeness (QED) is 0.727. The van der Waals surface area contributed by atoms with E-state index in [2.05, 4.69) is 36.6 Å². The van der Waals surface area contributed by atoms with Gasteiger partial charge in [0.15, 0.2) is 0 Å². The zero-order valence-electron chi connectivity index (χ0n) is 11.9. The summed E-state index contributed by atoms with van der Waals surface area (Å²) < 4.78 is 2.43. The molecule has 3 heteroatoms. The molecular formula is C16H21ClN2. The van der Waals surface area contributed by atoms with E-state index < -0.39 is 0 Å². The summed E-state index contributed by atoms with van der Waals surface area (Å²) in [5.74, 6) is 1.03. The zero-order valence-corrected chi connectivity index (χ0v) is 12.7. The highest BCUT2D eigenvalue weighted by atomic mass is 35.5. The molecule has 1 aliphatic rings. The summed E-state index contributed by atoms with van der Waals surface area (Å²) in [6.07, 6.45) is 4.97. The maximum atomic E-state index is 6.38. The van der Waals surface area contributed by atoms with Crippen molar-refractivity contribution < 1.29 is 0 Å². The summed E-state index contributed by atoms with van der Waals surface area (Å²) in [6.45, 7) is 6.41. The van der Waals surface area contributed by atoms with Gasteiger partial charge in [-0.15, -0.1) is 11.6 Å². The number of imidazole rings is 1. The number of aromatic nitrogens is 2. The van der Waals surface area contributed by atoms with Gasteiger partial charge in [-0.25, -0.2) is 4.98 Å². The van der Waals surface area contributed by atoms with Crippen molar-refractivity contribution in [1.29, 1.82) is 0 Å². The fourth-order valence-electron chi connectivity index (χ4n) is 3.29. The Kier molecular flexibility index (Phi) is 3.09. The van der Waals surface area contributed by atoms with Gasteiger partial charge in [0, 0.05) is 5.54 Å². The monoisotopic (exact) mass is 276 g/mol. The van der Waals surface area contributed by atoms with Gasteiger partial charge in [-0.3, -0.25) is 0 Å². The first kappa shape index (κ1) is 13.0. The molecule has 1 fully saturated rings. The minimum atomic E-state index is -0.0447. The van der Waals surface area contributed by atoms with E-state index in [1.54, 1.807) is 0 Å². The van der Waals surface area contributed by atoms with Gasteiger partial charge in [0.2, 0.25) is 0 Å². The lowest BCUT2D eigenvalue weighted by Gasteiger charge is -2.44. The second kappa shape index (κ2) is 4.52. The third kappa shape index (κ3) is 1.88. The molecular weight excluding hydrogens is 256 g/mol. The number of rotatable bonds is 3. The first-order chi connectivity index (χ1) is 9.07. The lowest BCUT2D eigenvalue weighted by molar-refractivity contribution is 0.137. The van der Waals surface area contributed by atoms with Crippen LogP contribution in [0.1, 0.15) is 56.3 Å². The van der Waals surface area contributed by atoms with Gasteiger partial charge in [-0.2, -0.15) is 0 Å². The molecule has 1 aliphatic carbocycles. The van der Waals surface area contributed by atoms with Crippen LogP contribution in [0.4, 0.5) is 0 Å². The van der Waals surface area contributed by atoms with Crippen molar-refractivity contribution in [2.45, 2.75) is 57.4 Å². The molecule has 0 N–H and O–H groups in total. The number of nitrogens with zero attached hydrogens (tertiary/aromatic N) is 2. The van der Waals surface area contributed by atoms with E-state index in [1.165, 1.54) is 30.3 Å². The van der Waals surface area contributed by atoms with Crippen molar-refractivity contribution in [3.05, 3.63) is 29.6 Å². The van der Waals surface area contributed by atoms with Gasteiger partial charge >= 0.3 is 0 Å². The number of fused-ring (bicyclic) bond motifs is 1. The van der Waals surface area contributed by atoms with Crippen LogP contribution in [0.2, 0.25) is 0 Å². The van der Waals surface area contributed by atoms with E-state index in [9.17, 15) is 0 Å². The highest BCUT2D eigenvalue weighted by Crippen LogP contribution is 2.46. The van der Waals surface area contributed by atoms with Gasteiger partial charge in [0.05, 0.1) is 16.4 Å². The standard InChI is InChI=1S/C16H21ClN2/c1-4-16(8-5-9-16)19-14-7-6-11(2)10-13(14)18-15(19)12(3)17/h6-7,10,12H,4-5,8-9H2,1-3H3. The molecule has 1 saturated carbocycles. The first-order valence-electron chi connectivity index (χ1n) is 7.21. The van der Waals surface area contributed by atoms with Crippen molar-refractivity contribution in [3.8, 4) is 0 Å². The molecule has 2 nitrogen and oxygen atoms in total. The summed E-state index contributed by atoms with van der Waals surface area (Å²) in [7, 11) is 0. The minimum Gasteiger partial charge on any atom is -0.321 e. The predicted octanol–water partition coefficient (Wildman–Crippen LogP) is 4.93. The Balaban J connectivity index is 2.28. The summed E-state index contributed by atoms with van der Waals surface area (Å²) in [4.78, 5) is 4.80. The average Bonchev–Trinajstić information content (AvgIpc) is 2.68. The third-order valence-electron chi connectivity index (χ3n) is 4.61. The fraction of sp³-hybridized carbons (Fsp3) is 0.562. The average molecular weight is 277 g/mol. The SMILES string of the molecule is CCC1(n2c(C(C)Cl)nc3cc(C)ccc32)CCC1. The Morgan fingerprint density at radius 3 is 2.68 bits per heavy atom. The molecule has 1 heterocycles. The Hall–Kier alpha value is -1.02. The molecule has 2 aromatic rings. The second-order valence-electron chi connectivity index (χ2n) is 5.85. The molecule has 1 aromatic heterocycles. The molecule has 3 rings (SSSR count). The van der Waals surface area contributed by atoms with Crippen molar-refractivity contribution >= 4 is 22.6 Å². The molecule has 102 valence electrons. The Morgan fingerprint density at radius 2 is 2.16 bits per heavy atom. The van der Waals surface area contributed by atoms with Crippen molar-refractivity contribution in [2.24, 2.45) is 0 Å². The second-order valence-corrected chi connectivity index (χ2v) is 6.50. The van der Waals surface area contributed by atoms with Crippen LogP contribution in [0, 0.1) is 6.92 Å². The first-order valence-corrected chi connectivity index (χ1v) is 7.64. The van der Waals surface area contributed by atoms with Crippen molar-refractivity contribution in [2.75, 3.05) is 0 Å². The molecule has 0 saturated heterocycles. The Bertz CT molecular complexity index is 603. The number of halogens is 1. The van der Waals surface area contributed by atoms with Crippen LogP contribution in [0.3, 0.4) is 0 Å². The van der Waals surface area contributed by atoms with Gasteiger partial charge in [-0.1, -0.05) is 13.0 Å². The molecule has 0 spiro atoms. The molecule has 0 bridgehead atoms. The number of aryl methyl sites for hydroxylation is 1. The zero-order chi connectivity index (χ0) is 13.6. The third-order valence-corrected chi connectivity index (χ3v) is 4.80. The van der Waals surface area contributed by atoms with Crippen LogP contribution in [-0.2, 0) is 5.54 Å². The van der Waals surface area contributed by atoms with E-state index in [0.29, 0.717) is 0 Å². The van der Waals surface area contributed by atoms with Crippen molar-refractivity contribution in [3.63, 3.8) is 0 Å². The lowest BCUT2D eigenvalue weighted by Crippen LogP contribution is -2.41. The molecule has 19 heavy (non-hydrogen) atoms. The van der Waals surface area contributed by atoms with E-state index in [-0.39, 0.29) is 10.9 Å². The van der Waals surface area contributed by atoms with Crippen LogP contribution in [0.5, 0.6) is 0 Å². The Labute approximate surface area is 119 Å². The lowest BCUT2D eigenvalue weighted by atomic mass is 9.74. The predicted molar refractivity (Wildman–Crippen MR) is 80.9 cm³/mol. The molecule has 1 atom stereocenters. The summed E-state index contributed by atoms with van der Waals surface area (Å²) in [5, 5.41) is -0.0447. The number of benzene rings is 1. The van der Waals surface area contributed by atoms with Gasteiger partial charge in [0.25, 0.3) is 0 Å². The van der Waals surface area contributed by atoms with Crippen LogP contribution < -0.4 is 0 Å². The maximum absolute atomic E-state index is 6.38. The molecule has 0 aliphatic heterocycles. The summed E-state index contributed by atoms with van der Waals surface area (Å²) in [5.41, 5.74) is 3.84. The molecule has 0 amide bonds. The number of alkyl halides is 1. The molecule has 1 aromatic carbocycles. The normalized spacial score (nSPS) is 19.4. The topological polar surface area (TPSA) is 17.8 Å². The van der Waals surface area contributed by atoms with E-state index in [4.69, 9.17) is 16.6 Å². The summed E-state index contributed by atoms with van der Waals surface area (Å²) in [6, 6.07) is 6.54. The maximum Gasteiger partial charge on any atom is 0.128 e. The van der Waals surface area contributed by atoms with Crippen LogP contribution >= 0.6 is 11.6 Å². The smallest absolute Gasteiger partial charge is 0.128 e. The molecule has 1 unspecified atom stereocenters. The van der Waals surface area contributed by atoms with Crippen LogP contribution in [-0.4, -0.2) is 9.55 Å². The van der Waals surface area contributed by atoms with E-state index in [0.717, 1.165) is 17.8 Å². The van der Waals surface area contributed by atoms with E-state index >= 15 is 0 Å². The van der Waals surface area contributed by atoms with Gasteiger partial charge in [-0.05, 0) is 57.2 Å².